The topological polar surface area (TPSA) is 58.1 Å². The molecule has 2 saturated heterocycles. The zero-order chi connectivity index (χ0) is 18.9. The molecule has 6 nitrogen and oxygen atoms in total. The van der Waals surface area contributed by atoms with Crippen molar-refractivity contribution >= 4 is 41.5 Å². The van der Waals surface area contributed by atoms with Crippen molar-refractivity contribution in [3.05, 3.63) is 34.9 Å². The molecule has 2 unspecified atom stereocenters. The van der Waals surface area contributed by atoms with Gasteiger partial charge in [0, 0.05) is 56.8 Å². The Morgan fingerprint density at radius 3 is 2.57 bits per heavy atom. The Labute approximate surface area is 190 Å². The SMILES string of the molecule is CN=C(NCCc1ccc(Cl)cc1)NCC(C1CCOC1)N1CCOCC1.I. The lowest BCUT2D eigenvalue weighted by molar-refractivity contribution is 0.00247. The van der Waals surface area contributed by atoms with Crippen molar-refractivity contribution in [1.82, 2.24) is 15.5 Å². The molecular formula is C20H32ClIN4O2. The third kappa shape index (κ3) is 7.33. The summed E-state index contributed by atoms with van der Waals surface area (Å²) in [5, 5.41) is 7.70. The molecule has 2 atom stereocenters. The molecule has 2 fully saturated rings. The van der Waals surface area contributed by atoms with E-state index in [-0.39, 0.29) is 24.0 Å². The van der Waals surface area contributed by atoms with Gasteiger partial charge in [-0.15, -0.1) is 24.0 Å². The molecule has 2 aliphatic rings. The maximum absolute atomic E-state index is 5.94. The lowest BCUT2D eigenvalue weighted by Crippen LogP contribution is -2.53. The first kappa shape index (κ1) is 23.7. The number of halogens is 2. The van der Waals surface area contributed by atoms with Gasteiger partial charge in [-0.05, 0) is 30.5 Å². The van der Waals surface area contributed by atoms with Crippen LogP contribution in [0.5, 0.6) is 0 Å². The van der Waals surface area contributed by atoms with Gasteiger partial charge in [-0.1, -0.05) is 23.7 Å². The fraction of sp³-hybridized carbons (Fsp3) is 0.650. The van der Waals surface area contributed by atoms with Crippen LogP contribution in [0.25, 0.3) is 0 Å². The largest absolute Gasteiger partial charge is 0.381 e. The quantitative estimate of drug-likeness (QED) is 0.327. The Morgan fingerprint density at radius 1 is 1.18 bits per heavy atom. The second kappa shape index (κ2) is 12.8. The van der Waals surface area contributed by atoms with Crippen LogP contribution in [-0.4, -0.2) is 76.6 Å². The number of morpholine rings is 1. The summed E-state index contributed by atoms with van der Waals surface area (Å²) in [7, 11) is 1.82. The molecule has 0 amide bonds. The van der Waals surface area contributed by atoms with Gasteiger partial charge in [0.25, 0.3) is 0 Å². The molecule has 0 spiro atoms. The van der Waals surface area contributed by atoms with Gasteiger partial charge in [-0.3, -0.25) is 9.89 Å². The summed E-state index contributed by atoms with van der Waals surface area (Å²) in [5.74, 6) is 1.42. The summed E-state index contributed by atoms with van der Waals surface area (Å²) < 4.78 is 11.2. The molecule has 28 heavy (non-hydrogen) atoms. The third-order valence-electron chi connectivity index (χ3n) is 5.35. The molecule has 1 aromatic rings. The molecule has 2 N–H and O–H groups in total. The van der Waals surface area contributed by atoms with Gasteiger partial charge in [-0.25, -0.2) is 0 Å². The summed E-state index contributed by atoms with van der Waals surface area (Å²) in [6.45, 7) is 7.05. The van der Waals surface area contributed by atoms with Gasteiger partial charge in [0.15, 0.2) is 5.96 Å². The Hall–Kier alpha value is -0.610. The Bertz CT molecular complexity index is 590. The number of guanidine groups is 1. The summed E-state index contributed by atoms with van der Waals surface area (Å²) in [5.41, 5.74) is 1.26. The van der Waals surface area contributed by atoms with Crippen LogP contribution in [0.2, 0.25) is 5.02 Å². The van der Waals surface area contributed by atoms with Crippen LogP contribution in [0.4, 0.5) is 0 Å². The van der Waals surface area contributed by atoms with Crippen molar-refractivity contribution in [2.75, 3.05) is 59.7 Å². The van der Waals surface area contributed by atoms with E-state index in [0.29, 0.717) is 12.0 Å². The molecule has 2 heterocycles. The van der Waals surface area contributed by atoms with Crippen LogP contribution >= 0.6 is 35.6 Å². The highest BCUT2D eigenvalue weighted by Gasteiger charge is 2.31. The molecule has 158 valence electrons. The van der Waals surface area contributed by atoms with Crippen LogP contribution in [0.15, 0.2) is 29.3 Å². The standard InChI is InChI=1S/C20H31ClN4O2.HI/c1-22-20(23-8-6-16-2-4-18(21)5-3-16)24-14-19(17-7-11-27-15-17)25-9-12-26-13-10-25;/h2-5,17,19H,6-15H2,1H3,(H2,22,23,24);1H. The van der Waals surface area contributed by atoms with Gasteiger partial charge in [0.05, 0.1) is 19.8 Å². The fourth-order valence-electron chi connectivity index (χ4n) is 3.76. The second-order valence-corrected chi connectivity index (χ2v) is 7.53. The van der Waals surface area contributed by atoms with Gasteiger partial charge in [0.2, 0.25) is 0 Å². The minimum absolute atomic E-state index is 0. The highest BCUT2D eigenvalue weighted by Crippen LogP contribution is 2.21. The van der Waals surface area contributed by atoms with E-state index < -0.39 is 0 Å². The van der Waals surface area contributed by atoms with Gasteiger partial charge in [0.1, 0.15) is 0 Å². The number of aliphatic imine (C=N–C) groups is 1. The zero-order valence-electron chi connectivity index (χ0n) is 16.5. The fourth-order valence-corrected chi connectivity index (χ4v) is 3.88. The van der Waals surface area contributed by atoms with Crippen LogP contribution in [-0.2, 0) is 15.9 Å². The number of hydrogen-bond acceptors (Lipinski definition) is 4. The number of nitrogens with one attached hydrogen (secondary N) is 2. The monoisotopic (exact) mass is 522 g/mol. The van der Waals surface area contributed by atoms with Crippen molar-refractivity contribution in [2.24, 2.45) is 10.9 Å². The van der Waals surface area contributed by atoms with E-state index in [2.05, 4.69) is 32.7 Å². The lowest BCUT2D eigenvalue weighted by Gasteiger charge is -2.37. The Balaban J connectivity index is 0.00000280. The van der Waals surface area contributed by atoms with E-state index in [1.165, 1.54) is 5.56 Å². The molecular weight excluding hydrogens is 491 g/mol. The number of benzene rings is 1. The van der Waals surface area contributed by atoms with E-state index in [0.717, 1.165) is 76.4 Å². The summed E-state index contributed by atoms with van der Waals surface area (Å²) in [6, 6.07) is 8.44. The average Bonchev–Trinajstić information content (AvgIpc) is 3.23. The van der Waals surface area contributed by atoms with Crippen molar-refractivity contribution < 1.29 is 9.47 Å². The van der Waals surface area contributed by atoms with E-state index in [9.17, 15) is 0 Å². The first-order valence-electron chi connectivity index (χ1n) is 9.85. The third-order valence-corrected chi connectivity index (χ3v) is 5.60. The molecule has 8 heteroatoms. The molecule has 3 rings (SSSR count). The van der Waals surface area contributed by atoms with Crippen molar-refractivity contribution in [3.8, 4) is 0 Å². The Kier molecular flexibility index (Phi) is 10.9. The van der Waals surface area contributed by atoms with E-state index in [4.69, 9.17) is 21.1 Å². The summed E-state index contributed by atoms with van der Waals surface area (Å²) >= 11 is 5.94. The predicted octanol–water partition coefficient (Wildman–Crippen LogP) is 2.40. The minimum Gasteiger partial charge on any atom is -0.381 e. The van der Waals surface area contributed by atoms with Crippen LogP contribution in [0.1, 0.15) is 12.0 Å². The lowest BCUT2D eigenvalue weighted by atomic mass is 9.97. The molecule has 2 aliphatic heterocycles. The normalized spacial score (nSPS) is 21.8. The molecule has 0 saturated carbocycles. The molecule has 0 bridgehead atoms. The molecule has 1 aromatic carbocycles. The van der Waals surface area contributed by atoms with Crippen molar-refractivity contribution in [1.29, 1.82) is 0 Å². The number of rotatable bonds is 7. The first-order valence-corrected chi connectivity index (χ1v) is 10.2. The van der Waals surface area contributed by atoms with Gasteiger partial charge < -0.3 is 20.1 Å². The van der Waals surface area contributed by atoms with E-state index >= 15 is 0 Å². The molecule has 0 aromatic heterocycles. The maximum Gasteiger partial charge on any atom is 0.191 e. The van der Waals surface area contributed by atoms with Crippen molar-refractivity contribution in [3.63, 3.8) is 0 Å². The highest BCUT2D eigenvalue weighted by atomic mass is 127. The molecule has 0 radical (unpaired) electrons. The van der Waals surface area contributed by atoms with Gasteiger partial charge in [-0.2, -0.15) is 0 Å². The van der Waals surface area contributed by atoms with E-state index in [1.54, 1.807) is 0 Å². The average molecular weight is 523 g/mol. The summed E-state index contributed by atoms with van der Waals surface area (Å²) in [4.78, 5) is 6.91. The van der Waals surface area contributed by atoms with Crippen LogP contribution in [0.3, 0.4) is 0 Å². The smallest absolute Gasteiger partial charge is 0.191 e. The van der Waals surface area contributed by atoms with Crippen molar-refractivity contribution in [2.45, 2.75) is 18.9 Å². The number of hydrogen-bond donors (Lipinski definition) is 2. The zero-order valence-corrected chi connectivity index (χ0v) is 19.6. The first-order chi connectivity index (χ1) is 13.3. The Morgan fingerprint density at radius 2 is 1.93 bits per heavy atom. The number of nitrogens with zero attached hydrogens (tertiary/aromatic N) is 2. The van der Waals surface area contributed by atoms with Crippen LogP contribution in [0, 0.1) is 5.92 Å². The second-order valence-electron chi connectivity index (χ2n) is 7.10. The van der Waals surface area contributed by atoms with Crippen LogP contribution < -0.4 is 10.6 Å². The highest BCUT2D eigenvalue weighted by molar-refractivity contribution is 14.0. The van der Waals surface area contributed by atoms with E-state index in [1.807, 2.05) is 19.2 Å². The number of ether oxygens (including phenoxy) is 2. The molecule has 0 aliphatic carbocycles. The predicted molar refractivity (Wildman–Crippen MR) is 125 cm³/mol. The minimum atomic E-state index is 0. The maximum atomic E-state index is 5.94. The summed E-state index contributed by atoms with van der Waals surface area (Å²) in [6.07, 6.45) is 2.06. The van der Waals surface area contributed by atoms with Gasteiger partial charge >= 0.3 is 0 Å².